The number of hydrogen-bond acceptors (Lipinski definition) is 6. The van der Waals surface area contributed by atoms with E-state index in [4.69, 9.17) is 9.15 Å². The third-order valence-corrected chi connectivity index (χ3v) is 5.32. The molecule has 0 aliphatic carbocycles. The Balaban J connectivity index is 1.78. The van der Waals surface area contributed by atoms with Crippen molar-refractivity contribution in [1.29, 1.82) is 0 Å². The van der Waals surface area contributed by atoms with Gasteiger partial charge in [-0.25, -0.2) is 4.79 Å². The standard InChI is InChI=1S/C17H22N4O3S/c1-11-19-20-16(24-11)12-4-5-15(23-3)14(10-12)18-17(22)21(2)13-6-8-25-9-7-13/h4-5,10,13H,6-9H2,1-3H3,(H,18,22). The molecule has 7 nitrogen and oxygen atoms in total. The number of ether oxygens (including phenoxy) is 1. The van der Waals surface area contributed by atoms with E-state index in [1.54, 1.807) is 31.1 Å². The molecule has 2 aromatic rings. The topological polar surface area (TPSA) is 80.5 Å². The smallest absolute Gasteiger partial charge is 0.321 e. The van der Waals surface area contributed by atoms with E-state index in [9.17, 15) is 4.79 Å². The van der Waals surface area contributed by atoms with Gasteiger partial charge in [-0.2, -0.15) is 11.8 Å². The van der Waals surface area contributed by atoms with Crippen LogP contribution in [-0.2, 0) is 0 Å². The number of nitrogens with zero attached hydrogens (tertiary/aromatic N) is 3. The second kappa shape index (κ2) is 7.77. The number of nitrogens with one attached hydrogen (secondary N) is 1. The van der Waals surface area contributed by atoms with Crippen LogP contribution in [0, 0.1) is 6.92 Å². The minimum absolute atomic E-state index is 0.144. The van der Waals surface area contributed by atoms with E-state index in [1.807, 2.05) is 24.9 Å². The fourth-order valence-corrected chi connectivity index (χ4v) is 3.88. The summed E-state index contributed by atoms with van der Waals surface area (Å²) >= 11 is 1.94. The lowest BCUT2D eigenvalue weighted by Crippen LogP contribution is -2.41. The number of hydrogen-bond donors (Lipinski definition) is 1. The highest BCUT2D eigenvalue weighted by atomic mass is 32.2. The van der Waals surface area contributed by atoms with Gasteiger partial charge in [0, 0.05) is 25.6 Å². The number of rotatable bonds is 4. The highest BCUT2D eigenvalue weighted by molar-refractivity contribution is 7.99. The Labute approximate surface area is 151 Å². The molecule has 1 fully saturated rings. The molecule has 0 saturated carbocycles. The summed E-state index contributed by atoms with van der Waals surface area (Å²) in [5.74, 6) is 3.68. The molecule has 0 unspecified atom stereocenters. The van der Waals surface area contributed by atoms with Crippen molar-refractivity contribution in [2.45, 2.75) is 25.8 Å². The first-order chi connectivity index (χ1) is 12.1. The van der Waals surface area contributed by atoms with Gasteiger partial charge in [-0.1, -0.05) is 0 Å². The number of carbonyl (C=O) groups excluding carboxylic acids is 1. The lowest BCUT2D eigenvalue weighted by Gasteiger charge is -2.31. The van der Waals surface area contributed by atoms with Crippen LogP contribution in [0.25, 0.3) is 11.5 Å². The highest BCUT2D eigenvalue weighted by Crippen LogP contribution is 2.31. The molecule has 1 aromatic heterocycles. The third-order valence-electron chi connectivity index (χ3n) is 4.27. The number of methoxy groups -OCH3 is 1. The molecule has 1 saturated heterocycles. The molecule has 0 bridgehead atoms. The average molecular weight is 362 g/mol. The van der Waals surface area contributed by atoms with Gasteiger partial charge in [0.2, 0.25) is 11.8 Å². The molecule has 2 amide bonds. The Kier molecular flexibility index (Phi) is 5.47. The van der Waals surface area contributed by atoms with Gasteiger partial charge in [-0.05, 0) is 42.5 Å². The molecule has 0 atom stereocenters. The van der Waals surface area contributed by atoms with Crippen molar-refractivity contribution in [3.63, 3.8) is 0 Å². The van der Waals surface area contributed by atoms with Crippen LogP contribution in [0.4, 0.5) is 10.5 Å². The minimum Gasteiger partial charge on any atom is -0.495 e. The molecule has 134 valence electrons. The van der Waals surface area contributed by atoms with Crippen molar-refractivity contribution in [2.75, 3.05) is 31.0 Å². The van der Waals surface area contributed by atoms with Crippen molar-refractivity contribution in [1.82, 2.24) is 15.1 Å². The Bertz CT molecular complexity index is 743. The second-order valence-electron chi connectivity index (χ2n) is 5.93. The van der Waals surface area contributed by atoms with Crippen LogP contribution < -0.4 is 10.1 Å². The Morgan fingerprint density at radius 1 is 1.36 bits per heavy atom. The van der Waals surface area contributed by atoms with Crippen molar-refractivity contribution in [2.24, 2.45) is 0 Å². The first-order valence-electron chi connectivity index (χ1n) is 8.18. The van der Waals surface area contributed by atoms with Crippen molar-refractivity contribution >= 4 is 23.5 Å². The Hall–Kier alpha value is -2.22. The van der Waals surface area contributed by atoms with E-state index < -0.39 is 0 Å². The van der Waals surface area contributed by atoms with Crippen molar-refractivity contribution in [3.8, 4) is 17.2 Å². The van der Waals surface area contributed by atoms with Gasteiger partial charge in [0.05, 0.1) is 12.8 Å². The zero-order valence-electron chi connectivity index (χ0n) is 14.6. The minimum atomic E-state index is -0.144. The number of thioether (sulfide) groups is 1. The van der Waals surface area contributed by atoms with Crippen LogP contribution in [0.1, 0.15) is 18.7 Å². The van der Waals surface area contributed by atoms with Gasteiger partial charge in [0.25, 0.3) is 0 Å². The molecule has 3 rings (SSSR count). The molecule has 1 aliphatic rings. The highest BCUT2D eigenvalue weighted by Gasteiger charge is 2.23. The van der Waals surface area contributed by atoms with Gasteiger partial charge in [0.1, 0.15) is 5.75 Å². The number of anilines is 1. The van der Waals surface area contributed by atoms with Crippen LogP contribution in [0.15, 0.2) is 22.6 Å². The lowest BCUT2D eigenvalue weighted by molar-refractivity contribution is 0.200. The summed E-state index contributed by atoms with van der Waals surface area (Å²) in [6.07, 6.45) is 2.04. The maximum Gasteiger partial charge on any atom is 0.321 e. The monoisotopic (exact) mass is 362 g/mol. The second-order valence-corrected chi connectivity index (χ2v) is 7.15. The zero-order valence-corrected chi connectivity index (χ0v) is 15.4. The summed E-state index contributed by atoms with van der Waals surface area (Å²) in [6, 6.07) is 5.52. The molecule has 0 spiro atoms. The Morgan fingerprint density at radius 3 is 2.76 bits per heavy atom. The molecule has 25 heavy (non-hydrogen) atoms. The summed E-state index contributed by atoms with van der Waals surface area (Å²) in [4.78, 5) is 14.4. The summed E-state index contributed by atoms with van der Waals surface area (Å²) < 4.78 is 10.8. The van der Waals surface area contributed by atoms with Gasteiger partial charge >= 0.3 is 6.03 Å². The molecule has 1 aromatic carbocycles. The SMILES string of the molecule is COc1ccc(-c2nnc(C)o2)cc1NC(=O)N(C)C1CCSCC1. The summed E-state index contributed by atoms with van der Waals surface area (Å²) in [5, 5.41) is 10.8. The van der Waals surface area contributed by atoms with Gasteiger partial charge < -0.3 is 19.4 Å². The van der Waals surface area contributed by atoms with E-state index >= 15 is 0 Å². The predicted octanol–water partition coefficient (Wildman–Crippen LogP) is 3.41. The number of amides is 2. The first kappa shape index (κ1) is 17.6. The van der Waals surface area contributed by atoms with Crippen molar-refractivity contribution in [3.05, 3.63) is 24.1 Å². The molecule has 8 heteroatoms. The maximum absolute atomic E-state index is 12.6. The number of aromatic nitrogens is 2. The summed E-state index contributed by atoms with van der Waals surface area (Å²) in [5.41, 5.74) is 1.31. The summed E-state index contributed by atoms with van der Waals surface area (Å²) in [6.45, 7) is 1.74. The maximum atomic E-state index is 12.6. The quantitative estimate of drug-likeness (QED) is 0.898. The fraction of sp³-hybridized carbons (Fsp3) is 0.471. The zero-order chi connectivity index (χ0) is 17.8. The molecule has 1 N–H and O–H groups in total. The first-order valence-corrected chi connectivity index (χ1v) is 9.34. The summed E-state index contributed by atoms with van der Waals surface area (Å²) in [7, 11) is 3.41. The van der Waals surface area contributed by atoms with E-state index in [-0.39, 0.29) is 12.1 Å². The van der Waals surface area contributed by atoms with Crippen LogP contribution in [0.3, 0.4) is 0 Å². The normalized spacial score (nSPS) is 15.0. The predicted molar refractivity (Wildman–Crippen MR) is 98.2 cm³/mol. The van der Waals surface area contributed by atoms with Crippen molar-refractivity contribution < 1.29 is 13.9 Å². The van der Waals surface area contributed by atoms with Crippen LogP contribution in [0.2, 0.25) is 0 Å². The van der Waals surface area contributed by atoms with Gasteiger partial charge in [0.15, 0.2) is 0 Å². The third kappa shape index (κ3) is 4.07. The van der Waals surface area contributed by atoms with E-state index in [2.05, 4.69) is 15.5 Å². The molecule has 1 aliphatic heterocycles. The molecule has 2 heterocycles. The average Bonchev–Trinajstić information content (AvgIpc) is 3.08. The van der Waals surface area contributed by atoms with E-state index in [0.29, 0.717) is 23.2 Å². The van der Waals surface area contributed by atoms with Gasteiger partial charge in [-0.15, -0.1) is 10.2 Å². The largest absolute Gasteiger partial charge is 0.495 e. The number of aryl methyl sites for hydroxylation is 1. The Morgan fingerprint density at radius 2 is 2.12 bits per heavy atom. The molecule has 0 radical (unpaired) electrons. The molecular formula is C17H22N4O3S. The lowest BCUT2D eigenvalue weighted by atomic mass is 10.1. The molecular weight excluding hydrogens is 340 g/mol. The number of carbonyl (C=O) groups is 1. The van der Waals surface area contributed by atoms with Crippen LogP contribution >= 0.6 is 11.8 Å². The number of urea groups is 1. The van der Waals surface area contributed by atoms with E-state index in [0.717, 1.165) is 29.9 Å². The van der Waals surface area contributed by atoms with Crippen LogP contribution in [-0.4, -0.2) is 52.8 Å². The van der Waals surface area contributed by atoms with Crippen LogP contribution in [0.5, 0.6) is 5.75 Å². The van der Waals surface area contributed by atoms with Gasteiger partial charge in [-0.3, -0.25) is 0 Å². The number of benzene rings is 1. The van der Waals surface area contributed by atoms with E-state index in [1.165, 1.54) is 0 Å². The fourth-order valence-electron chi connectivity index (χ4n) is 2.79.